The highest BCUT2D eigenvalue weighted by Crippen LogP contribution is 2.34. The Morgan fingerprint density at radius 1 is 0.955 bits per heavy atom. The van der Waals surface area contributed by atoms with Gasteiger partial charge in [0.1, 0.15) is 6.42 Å². The summed E-state index contributed by atoms with van der Waals surface area (Å²) in [7, 11) is 0. The van der Waals surface area contributed by atoms with E-state index in [-0.39, 0.29) is 23.0 Å². The van der Waals surface area contributed by atoms with Crippen molar-refractivity contribution in [2.75, 3.05) is 6.61 Å². The van der Waals surface area contributed by atoms with Crippen molar-refractivity contribution in [2.45, 2.75) is 65.7 Å². The van der Waals surface area contributed by atoms with Crippen LogP contribution in [0.1, 0.15) is 76.4 Å². The SMILES string of the molecule is CCOC(=O)CC(=O)c1ccc(C(C)(C)C)c(C(C)(C)C)c1. The number of Topliss-reactive ketones (excluding diaryl/α,β-unsaturated/α-hetero) is 1. The number of hydrogen-bond donors (Lipinski definition) is 0. The summed E-state index contributed by atoms with van der Waals surface area (Å²) in [6.45, 7) is 14.9. The predicted molar refractivity (Wildman–Crippen MR) is 89.4 cm³/mol. The van der Waals surface area contributed by atoms with Crippen molar-refractivity contribution in [3.63, 3.8) is 0 Å². The van der Waals surface area contributed by atoms with Crippen LogP contribution in [0.25, 0.3) is 0 Å². The van der Waals surface area contributed by atoms with Crippen LogP contribution >= 0.6 is 0 Å². The van der Waals surface area contributed by atoms with Crippen LogP contribution in [0.3, 0.4) is 0 Å². The van der Waals surface area contributed by atoms with Crippen molar-refractivity contribution >= 4 is 11.8 Å². The number of carbonyl (C=O) groups excluding carboxylic acids is 2. The van der Waals surface area contributed by atoms with Crippen molar-refractivity contribution < 1.29 is 14.3 Å². The molecular weight excluding hydrogens is 276 g/mol. The summed E-state index contributed by atoms with van der Waals surface area (Å²) in [5, 5.41) is 0. The summed E-state index contributed by atoms with van der Waals surface area (Å²) in [5.41, 5.74) is 2.89. The molecule has 0 spiro atoms. The number of benzene rings is 1. The average molecular weight is 304 g/mol. The van der Waals surface area contributed by atoms with Crippen LogP contribution in [0.5, 0.6) is 0 Å². The van der Waals surface area contributed by atoms with Gasteiger partial charge in [-0.3, -0.25) is 9.59 Å². The number of hydrogen-bond acceptors (Lipinski definition) is 3. The first-order chi connectivity index (χ1) is 9.96. The molecule has 1 rings (SSSR count). The Balaban J connectivity index is 3.20. The topological polar surface area (TPSA) is 43.4 Å². The maximum atomic E-state index is 12.3. The van der Waals surface area contributed by atoms with E-state index in [0.29, 0.717) is 12.2 Å². The molecule has 0 bridgehead atoms. The Bertz CT molecular complexity index is 557. The van der Waals surface area contributed by atoms with Crippen LogP contribution in [0.4, 0.5) is 0 Å². The molecule has 0 radical (unpaired) electrons. The summed E-state index contributed by atoms with van der Waals surface area (Å²) in [6, 6.07) is 5.76. The number of carbonyl (C=O) groups is 2. The van der Waals surface area contributed by atoms with Crippen LogP contribution in [-0.2, 0) is 20.4 Å². The lowest BCUT2D eigenvalue weighted by Gasteiger charge is -2.30. The van der Waals surface area contributed by atoms with E-state index < -0.39 is 5.97 Å². The second-order valence-corrected chi connectivity index (χ2v) is 7.67. The van der Waals surface area contributed by atoms with E-state index in [1.807, 2.05) is 18.2 Å². The first-order valence-electron chi connectivity index (χ1n) is 7.80. The van der Waals surface area contributed by atoms with Crippen LogP contribution in [-0.4, -0.2) is 18.4 Å². The van der Waals surface area contributed by atoms with E-state index in [0.717, 1.165) is 5.56 Å². The van der Waals surface area contributed by atoms with E-state index in [1.165, 1.54) is 5.56 Å². The lowest BCUT2D eigenvalue weighted by molar-refractivity contribution is -0.141. The molecule has 22 heavy (non-hydrogen) atoms. The van der Waals surface area contributed by atoms with E-state index in [4.69, 9.17) is 4.74 Å². The lowest BCUT2D eigenvalue weighted by Crippen LogP contribution is -2.23. The largest absolute Gasteiger partial charge is 0.466 e. The molecule has 0 fully saturated rings. The van der Waals surface area contributed by atoms with Gasteiger partial charge in [0, 0.05) is 5.56 Å². The maximum absolute atomic E-state index is 12.3. The van der Waals surface area contributed by atoms with Crippen molar-refractivity contribution in [2.24, 2.45) is 0 Å². The van der Waals surface area contributed by atoms with Gasteiger partial charge >= 0.3 is 5.97 Å². The van der Waals surface area contributed by atoms with Crippen molar-refractivity contribution in [1.82, 2.24) is 0 Å². The molecule has 3 heteroatoms. The number of ether oxygens (including phenoxy) is 1. The van der Waals surface area contributed by atoms with Gasteiger partial charge < -0.3 is 4.74 Å². The van der Waals surface area contributed by atoms with E-state index >= 15 is 0 Å². The maximum Gasteiger partial charge on any atom is 0.313 e. The minimum atomic E-state index is -0.468. The highest BCUT2D eigenvalue weighted by molar-refractivity contribution is 6.06. The zero-order chi connectivity index (χ0) is 17.1. The molecule has 0 aromatic heterocycles. The van der Waals surface area contributed by atoms with Crippen molar-refractivity contribution in [1.29, 1.82) is 0 Å². The Morgan fingerprint density at radius 3 is 1.95 bits per heavy atom. The molecule has 3 nitrogen and oxygen atoms in total. The van der Waals surface area contributed by atoms with Crippen molar-refractivity contribution in [3.8, 4) is 0 Å². The molecule has 1 aromatic carbocycles. The molecule has 0 saturated carbocycles. The molecule has 0 aliphatic heterocycles. The fourth-order valence-corrected chi connectivity index (χ4v) is 2.44. The standard InChI is InChI=1S/C19H28O3/c1-8-22-17(21)12-16(20)13-9-10-14(18(2,3)4)15(11-13)19(5,6)7/h9-11H,8,12H2,1-7H3. The third kappa shape index (κ3) is 4.69. The smallest absolute Gasteiger partial charge is 0.313 e. The van der Waals surface area contributed by atoms with Gasteiger partial charge in [0.2, 0.25) is 0 Å². The molecule has 122 valence electrons. The highest BCUT2D eigenvalue weighted by atomic mass is 16.5. The first-order valence-corrected chi connectivity index (χ1v) is 7.80. The molecule has 0 atom stereocenters. The van der Waals surface area contributed by atoms with Gasteiger partial charge in [-0.15, -0.1) is 0 Å². The van der Waals surface area contributed by atoms with Crippen LogP contribution in [0.15, 0.2) is 18.2 Å². The summed E-state index contributed by atoms with van der Waals surface area (Å²) in [6.07, 6.45) is -0.202. The van der Waals surface area contributed by atoms with Gasteiger partial charge in [0.25, 0.3) is 0 Å². The van der Waals surface area contributed by atoms with Gasteiger partial charge in [-0.2, -0.15) is 0 Å². The third-order valence-corrected chi connectivity index (χ3v) is 3.57. The third-order valence-electron chi connectivity index (χ3n) is 3.57. The van der Waals surface area contributed by atoms with Gasteiger partial charge in [-0.1, -0.05) is 53.7 Å². The Hall–Kier alpha value is -1.64. The fourth-order valence-electron chi connectivity index (χ4n) is 2.44. The zero-order valence-electron chi connectivity index (χ0n) is 14.9. The molecule has 0 amide bonds. The highest BCUT2D eigenvalue weighted by Gasteiger charge is 2.26. The van der Waals surface area contributed by atoms with Crippen LogP contribution < -0.4 is 0 Å². The van der Waals surface area contributed by atoms with E-state index in [2.05, 4.69) is 41.5 Å². The second-order valence-electron chi connectivity index (χ2n) is 7.67. The molecular formula is C19H28O3. The number of ketones is 1. The van der Waals surface area contributed by atoms with E-state index in [1.54, 1.807) is 6.92 Å². The predicted octanol–water partition coefficient (Wildman–Crippen LogP) is 4.42. The molecule has 1 aromatic rings. The lowest BCUT2D eigenvalue weighted by atomic mass is 9.74. The fraction of sp³-hybridized carbons (Fsp3) is 0.579. The summed E-state index contributed by atoms with van der Waals surface area (Å²) >= 11 is 0. The monoisotopic (exact) mass is 304 g/mol. The Labute approximate surface area is 134 Å². The van der Waals surface area contributed by atoms with Crippen LogP contribution in [0.2, 0.25) is 0 Å². The molecule has 0 heterocycles. The van der Waals surface area contributed by atoms with E-state index in [9.17, 15) is 9.59 Å². The summed E-state index contributed by atoms with van der Waals surface area (Å²) < 4.78 is 4.85. The number of rotatable bonds is 4. The molecule has 0 unspecified atom stereocenters. The quantitative estimate of drug-likeness (QED) is 0.470. The van der Waals surface area contributed by atoms with Gasteiger partial charge in [0.05, 0.1) is 6.61 Å². The van der Waals surface area contributed by atoms with Gasteiger partial charge in [-0.05, 0) is 34.9 Å². The van der Waals surface area contributed by atoms with Crippen LogP contribution in [0, 0.1) is 0 Å². The minimum absolute atomic E-state index is 0.00529. The summed E-state index contributed by atoms with van der Waals surface area (Å²) in [4.78, 5) is 23.8. The number of esters is 1. The Kier molecular flexibility index (Phi) is 5.55. The van der Waals surface area contributed by atoms with Crippen molar-refractivity contribution in [3.05, 3.63) is 34.9 Å². The average Bonchev–Trinajstić information content (AvgIpc) is 2.36. The molecule has 0 saturated heterocycles. The second kappa shape index (κ2) is 6.64. The van der Waals surface area contributed by atoms with Gasteiger partial charge in [-0.25, -0.2) is 0 Å². The minimum Gasteiger partial charge on any atom is -0.466 e. The summed E-state index contributed by atoms with van der Waals surface area (Å²) in [5.74, 6) is -0.658. The molecule has 0 aliphatic rings. The Morgan fingerprint density at radius 2 is 1.50 bits per heavy atom. The molecule has 0 aliphatic carbocycles. The first kappa shape index (κ1) is 18.4. The van der Waals surface area contributed by atoms with Gasteiger partial charge in [0.15, 0.2) is 5.78 Å². The zero-order valence-corrected chi connectivity index (χ0v) is 14.9. The molecule has 0 N–H and O–H groups in total. The normalized spacial score (nSPS) is 12.1.